The first kappa shape index (κ1) is 25.7. The minimum absolute atomic E-state index is 0.0860. The standard InChI is InChI=1S/2C10H9.C5H8.C3H10OSi.Zr/c2*1-8-6-7-9-4-2-3-5-10(8)9;1-3-5-4-2;1-3-4-5-2;/h2*2-7H,1H3;3-5H,1H2,2H3;3,5H2,1-2H3;. The van der Waals surface area contributed by atoms with Crippen LogP contribution >= 0.6 is 0 Å². The molecule has 2 unspecified atom stereocenters. The molecule has 2 atom stereocenters. The maximum atomic E-state index is 4.97. The van der Waals surface area contributed by atoms with Crippen LogP contribution in [0.1, 0.15) is 57.2 Å². The summed E-state index contributed by atoms with van der Waals surface area (Å²) in [5.74, 6) is 0. The van der Waals surface area contributed by atoms with Gasteiger partial charge in [-0.05, 0) is 13.8 Å². The van der Waals surface area contributed by atoms with Gasteiger partial charge in [-0.3, -0.25) is 0 Å². The monoisotopic (exact) mass is 506 g/mol. The smallest absolute Gasteiger partial charge is 0.158 e. The Morgan fingerprint density at radius 1 is 0.935 bits per heavy atom. The molecule has 0 saturated heterocycles. The molecule has 0 fully saturated rings. The van der Waals surface area contributed by atoms with Crippen LogP contribution in [-0.2, 0) is 27.7 Å². The largest absolute Gasteiger partial charge is 0.425 e. The Bertz CT molecular complexity index is 874. The molecule has 31 heavy (non-hydrogen) atoms. The number of allylic oxidation sites excluding steroid dienone is 7. The molecule has 0 saturated carbocycles. The van der Waals surface area contributed by atoms with Crippen molar-refractivity contribution in [3.63, 3.8) is 0 Å². The SMILES string of the molecule is C=CC=CC.CC1=C[CH]([Zr][CH]2C=C(C)c3ccccc32)c2ccccc21.CCO[SiH2]C. The van der Waals surface area contributed by atoms with Crippen molar-refractivity contribution in [3.05, 3.63) is 108 Å². The molecule has 2 aliphatic carbocycles. The summed E-state index contributed by atoms with van der Waals surface area (Å²) in [6, 6.07) is 18.0. The van der Waals surface area contributed by atoms with Crippen molar-refractivity contribution in [1.29, 1.82) is 0 Å². The second-order valence-electron chi connectivity index (χ2n) is 7.54. The molecule has 2 aliphatic rings. The van der Waals surface area contributed by atoms with Crippen LogP contribution < -0.4 is 0 Å². The van der Waals surface area contributed by atoms with Crippen molar-refractivity contribution in [2.75, 3.05) is 6.61 Å². The van der Waals surface area contributed by atoms with E-state index in [-0.39, 0.29) is 9.76 Å². The molecule has 1 nitrogen and oxygen atoms in total. The van der Waals surface area contributed by atoms with E-state index in [0.29, 0.717) is 0 Å². The van der Waals surface area contributed by atoms with Crippen LogP contribution in [0.4, 0.5) is 0 Å². The van der Waals surface area contributed by atoms with Gasteiger partial charge in [-0.2, -0.15) is 0 Å². The minimum Gasteiger partial charge on any atom is -0.425 e. The van der Waals surface area contributed by atoms with Gasteiger partial charge in [0.25, 0.3) is 0 Å². The molecule has 0 bridgehead atoms. The molecule has 0 amide bonds. The fourth-order valence-corrected chi connectivity index (χ4v) is 9.10. The van der Waals surface area contributed by atoms with Crippen molar-refractivity contribution in [1.82, 2.24) is 0 Å². The van der Waals surface area contributed by atoms with Crippen LogP contribution in [0.15, 0.2) is 85.5 Å². The molecular formula is C28H36OSiZr. The normalized spacial score (nSPS) is 18.4. The molecule has 0 spiro atoms. The van der Waals surface area contributed by atoms with E-state index in [1.54, 1.807) is 17.2 Å². The molecular weight excluding hydrogens is 472 g/mol. The zero-order chi connectivity index (χ0) is 22.6. The zero-order valence-electron chi connectivity index (χ0n) is 19.7. The molecule has 3 heteroatoms. The maximum Gasteiger partial charge on any atom is 0.158 e. The Hall–Kier alpha value is -1.54. The molecule has 0 radical (unpaired) electrons. The first-order valence-corrected chi connectivity index (χ1v) is 16.0. The third-order valence-corrected chi connectivity index (χ3v) is 10.3. The van der Waals surface area contributed by atoms with Crippen LogP contribution in [0, 0.1) is 0 Å². The van der Waals surface area contributed by atoms with E-state index in [9.17, 15) is 0 Å². The molecule has 0 aromatic heterocycles. The predicted octanol–water partition coefficient (Wildman–Crippen LogP) is 7.29. The van der Waals surface area contributed by atoms with Gasteiger partial charge in [-0.1, -0.05) is 31.4 Å². The average molecular weight is 508 g/mol. The molecule has 162 valence electrons. The summed E-state index contributed by atoms with van der Waals surface area (Å²) < 4.78 is 6.43. The summed E-state index contributed by atoms with van der Waals surface area (Å²) in [5.41, 5.74) is 9.08. The van der Waals surface area contributed by atoms with E-state index < -0.39 is 23.2 Å². The van der Waals surface area contributed by atoms with Crippen molar-refractivity contribution in [2.45, 2.75) is 41.5 Å². The van der Waals surface area contributed by atoms with Crippen LogP contribution in [-0.4, -0.2) is 16.4 Å². The van der Waals surface area contributed by atoms with Crippen molar-refractivity contribution in [2.24, 2.45) is 0 Å². The first-order chi connectivity index (χ1) is 15.1. The minimum atomic E-state index is -0.595. The topological polar surface area (TPSA) is 9.23 Å². The van der Waals surface area contributed by atoms with E-state index >= 15 is 0 Å². The van der Waals surface area contributed by atoms with Gasteiger partial charge in [0.05, 0.1) is 0 Å². The van der Waals surface area contributed by atoms with E-state index in [4.69, 9.17) is 4.43 Å². The summed E-state index contributed by atoms with van der Waals surface area (Å²) in [6.07, 6.45) is 10.6. The van der Waals surface area contributed by atoms with Gasteiger partial charge in [0, 0.05) is 6.61 Å². The van der Waals surface area contributed by atoms with Crippen molar-refractivity contribution >= 4 is 20.9 Å². The number of hydrogen-bond acceptors (Lipinski definition) is 1. The Labute approximate surface area is 203 Å². The van der Waals surface area contributed by atoms with E-state index in [1.165, 1.54) is 22.3 Å². The Morgan fingerprint density at radius 2 is 1.42 bits per heavy atom. The van der Waals surface area contributed by atoms with Gasteiger partial charge in [0.1, 0.15) is 0 Å². The fourth-order valence-electron chi connectivity index (χ4n) is 3.92. The van der Waals surface area contributed by atoms with Crippen LogP contribution in [0.5, 0.6) is 0 Å². The van der Waals surface area contributed by atoms with E-state index in [2.05, 4.69) is 87.7 Å². The van der Waals surface area contributed by atoms with Crippen LogP contribution in [0.3, 0.4) is 0 Å². The van der Waals surface area contributed by atoms with Gasteiger partial charge in [0.15, 0.2) is 9.76 Å². The Kier molecular flexibility index (Phi) is 11.4. The average Bonchev–Trinajstić information content (AvgIpc) is 3.28. The number of fused-ring (bicyclic) bond motifs is 2. The van der Waals surface area contributed by atoms with Crippen LogP contribution in [0.25, 0.3) is 11.1 Å². The second-order valence-corrected chi connectivity index (χ2v) is 12.4. The summed E-state index contributed by atoms with van der Waals surface area (Å²) in [5, 5.41) is 0. The van der Waals surface area contributed by atoms with Gasteiger partial charge in [-0.15, -0.1) is 0 Å². The first-order valence-electron chi connectivity index (χ1n) is 11.2. The molecule has 0 heterocycles. The van der Waals surface area contributed by atoms with Gasteiger partial charge < -0.3 is 4.43 Å². The number of hydrogen-bond donors (Lipinski definition) is 0. The summed E-state index contributed by atoms with van der Waals surface area (Å²) in [6.45, 7) is 15.0. The maximum absolute atomic E-state index is 4.97. The Balaban J connectivity index is 0.000000289. The van der Waals surface area contributed by atoms with Gasteiger partial charge in [0.2, 0.25) is 0 Å². The quantitative estimate of drug-likeness (QED) is 0.305. The summed E-state index contributed by atoms with van der Waals surface area (Å²) in [7, 11) is -0.0860. The van der Waals surface area contributed by atoms with Crippen molar-refractivity contribution < 1.29 is 27.7 Å². The van der Waals surface area contributed by atoms with Crippen LogP contribution in [0.2, 0.25) is 6.55 Å². The van der Waals surface area contributed by atoms with Gasteiger partial charge >= 0.3 is 138 Å². The van der Waals surface area contributed by atoms with E-state index in [1.807, 2.05) is 26.0 Å². The third-order valence-electron chi connectivity index (χ3n) is 5.37. The summed E-state index contributed by atoms with van der Waals surface area (Å²) in [4.78, 5) is 0. The van der Waals surface area contributed by atoms with E-state index in [0.717, 1.165) is 13.9 Å². The van der Waals surface area contributed by atoms with Crippen molar-refractivity contribution in [3.8, 4) is 0 Å². The molecule has 2 aromatic carbocycles. The molecule has 0 aliphatic heterocycles. The van der Waals surface area contributed by atoms with Gasteiger partial charge in [-0.25, -0.2) is 0 Å². The zero-order valence-corrected chi connectivity index (χ0v) is 23.6. The number of rotatable bonds is 5. The third kappa shape index (κ3) is 7.24. The summed E-state index contributed by atoms with van der Waals surface area (Å²) >= 11 is -0.595. The second kappa shape index (κ2) is 13.8. The number of benzene rings is 2. The molecule has 4 rings (SSSR count). The fraction of sp³-hybridized carbons (Fsp3) is 0.286. The molecule has 2 aromatic rings. The predicted molar refractivity (Wildman–Crippen MR) is 137 cm³/mol. The molecule has 0 N–H and O–H groups in total. The Morgan fingerprint density at radius 3 is 1.74 bits per heavy atom.